The van der Waals surface area contributed by atoms with Gasteiger partial charge in [-0.1, -0.05) is 30.4 Å². The van der Waals surface area contributed by atoms with Crippen LogP contribution in [0.4, 0.5) is 14.4 Å². The van der Waals surface area contributed by atoms with Gasteiger partial charge in [-0.2, -0.15) is 0 Å². The molecule has 0 saturated carbocycles. The topological polar surface area (TPSA) is 107 Å². The summed E-state index contributed by atoms with van der Waals surface area (Å²) in [6.45, 7) is 27.0. The summed E-state index contributed by atoms with van der Waals surface area (Å²) in [6.07, 6.45) is 7.01. The Hall–Kier alpha value is -3.51. The minimum Gasteiger partial charge on any atom is -0.444 e. The van der Waals surface area contributed by atoms with E-state index in [4.69, 9.17) is 23.5 Å². The zero-order chi connectivity index (χ0) is 40.7. The average molecular weight is 764 g/mol. The molecule has 4 aliphatic heterocycles. The molecule has 0 aliphatic carbocycles. The minimum atomic E-state index is -0.667. The molecule has 4 heterocycles. The van der Waals surface area contributed by atoms with E-state index in [1.54, 1.807) is 4.90 Å². The number of piperidine rings is 1. The second-order valence-electron chi connectivity index (χ2n) is 19.7. The van der Waals surface area contributed by atoms with Crippen molar-refractivity contribution in [1.82, 2.24) is 14.7 Å². The van der Waals surface area contributed by atoms with Gasteiger partial charge in [0.05, 0.1) is 17.2 Å². The average Bonchev–Trinajstić information content (AvgIpc) is 3.28. The Morgan fingerprint density at radius 1 is 0.782 bits per heavy atom. The summed E-state index contributed by atoms with van der Waals surface area (Å²) in [7, 11) is -0.547. The van der Waals surface area contributed by atoms with Crippen molar-refractivity contribution in [3.05, 3.63) is 53.0 Å². The number of benzene rings is 1. The van der Waals surface area contributed by atoms with Gasteiger partial charge in [-0.3, -0.25) is 0 Å². The lowest BCUT2D eigenvalue weighted by Crippen LogP contribution is -2.50. The highest BCUT2D eigenvalue weighted by Gasteiger charge is 2.53. The molecule has 5 rings (SSSR count). The standard InChI is InChI=1S/C43H66BN3O8/c1-39(2,3)51-36(48)45-23-15-18-32(27-45)30-16-14-17-31(25-30)35-22-19-29(26-47(35)38(50)53-41(7,8)9)24-34-21-20-33(28-46(34)37(49)52-40(4,5)6)44-54-42(10,11)43(12,13)55-44/h14,16-18,20,25,29,34-35H,15,19,21-24,26-28H2,1-13H3/t29-,34?,35-/m1/s1. The predicted molar refractivity (Wildman–Crippen MR) is 215 cm³/mol. The molecule has 2 fully saturated rings. The van der Waals surface area contributed by atoms with Gasteiger partial charge in [0.25, 0.3) is 0 Å². The molecule has 0 radical (unpaired) electrons. The molecule has 1 aromatic rings. The molecule has 0 bridgehead atoms. The molecule has 0 spiro atoms. The maximum atomic E-state index is 14.0. The molecule has 4 aliphatic rings. The van der Waals surface area contributed by atoms with Crippen molar-refractivity contribution in [2.75, 3.05) is 26.2 Å². The van der Waals surface area contributed by atoms with Crippen LogP contribution in [0.2, 0.25) is 0 Å². The van der Waals surface area contributed by atoms with E-state index in [1.807, 2.05) is 106 Å². The van der Waals surface area contributed by atoms with Crippen LogP contribution in [0.15, 0.2) is 41.9 Å². The first kappa shape index (κ1) is 42.6. The Kier molecular flexibility index (Phi) is 12.2. The van der Waals surface area contributed by atoms with E-state index in [2.05, 4.69) is 30.4 Å². The molecular weight excluding hydrogens is 697 g/mol. The van der Waals surface area contributed by atoms with Crippen LogP contribution in [0.25, 0.3) is 5.57 Å². The Bertz CT molecular complexity index is 1630. The first-order valence-electron chi connectivity index (χ1n) is 20.1. The van der Waals surface area contributed by atoms with Crippen LogP contribution < -0.4 is 0 Å². The van der Waals surface area contributed by atoms with E-state index in [-0.39, 0.29) is 36.3 Å². The van der Waals surface area contributed by atoms with E-state index < -0.39 is 35.1 Å². The van der Waals surface area contributed by atoms with Gasteiger partial charge in [0.2, 0.25) is 0 Å². The lowest BCUT2D eigenvalue weighted by Gasteiger charge is -2.43. The molecule has 3 amide bonds. The fourth-order valence-electron chi connectivity index (χ4n) is 7.60. The second kappa shape index (κ2) is 15.8. The molecule has 0 aromatic heterocycles. The van der Waals surface area contributed by atoms with Gasteiger partial charge in [-0.25, -0.2) is 14.4 Å². The molecule has 11 nitrogen and oxygen atoms in total. The SMILES string of the molecule is CC(C)(C)OC(=O)N1CCC=C(c2cccc([C@H]3CC[C@H](CC4CC=C(B5OC(C)(C)C(C)(C)O5)CN4C(=O)OC(C)(C)C)CN3C(=O)OC(C)(C)C)c2)C1. The van der Waals surface area contributed by atoms with Gasteiger partial charge in [0, 0.05) is 32.2 Å². The number of hydrogen-bond donors (Lipinski definition) is 0. The van der Waals surface area contributed by atoms with Crippen molar-refractivity contribution in [2.45, 2.75) is 162 Å². The van der Waals surface area contributed by atoms with Crippen molar-refractivity contribution >= 4 is 31.0 Å². The number of ether oxygens (including phenoxy) is 3. The number of nitrogens with zero attached hydrogens (tertiary/aromatic N) is 3. The molecule has 12 heteroatoms. The Morgan fingerprint density at radius 2 is 1.36 bits per heavy atom. The van der Waals surface area contributed by atoms with Crippen molar-refractivity contribution in [3.63, 3.8) is 0 Å². The molecule has 0 N–H and O–H groups in total. The maximum absolute atomic E-state index is 14.0. The van der Waals surface area contributed by atoms with Gasteiger partial charge in [0.1, 0.15) is 16.8 Å². The predicted octanol–water partition coefficient (Wildman–Crippen LogP) is 9.36. The summed E-state index contributed by atoms with van der Waals surface area (Å²) in [5, 5.41) is 0. The molecule has 1 unspecified atom stereocenters. The number of rotatable bonds is 5. The summed E-state index contributed by atoms with van der Waals surface area (Å²) < 4.78 is 30.4. The van der Waals surface area contributed by atoms with E-state index >= 15 is 0 Å². The number of carbonyl (C=O) groups is 3. The summed E-state index contributed by atoms with van der Waals surface area (Å²) in [5.41, 5.74) is 1.14. The molecule has 1 aromatic carbocycles. The van der Waals surface area contributed by atoms with Crippen LogP contribution in [-0.2, 0) is 23.5 Å². The van der Waals surface area contributed by atoms with E-state index in [0.29, 0.717) is 39.0 Å². The minimum absolute atomic E-state index is 0.122. The highest BCUT2D eigenvalue weighted by atomic mass is 16.7. The van der Waals surface area contributed by atoms with Crippen molar-refractivity contribution in [1.29, 1.82) is 0 Å². The first-order chi connectivity index (χ1) is 25.3. The summed E-state index contributed by atoms with van der Waals surface area (Å²) >= 11 is 0. The van der Waals surface area contributed by atoms with Gasteiger partial charge in [0.15, 0.2) is 0 Å². The molecular formula is C43H66BN3O8. The lowest BCUT2D eigenvalue weighted by atomic mass is 9.74. The molecule has 2 saturated heterocycles. The van der Waals surface area contributed by atoms with Gasteiger partial charge in [-0.15, -0.1) is 0 Å². The van der Waals surface area contributed by atoms with Crippen LogP contribution in [0.5, 0.6) is 0 Å². The third-order valence-electron chi connectivity index (χ3n) is 11.0. The second-order valence-corrected chi connectivity index (χ2v) is 19.7. The highest BCUT2D eigenvalue weighted by Crippen LogP contribution is 2.42. The largest absolute Gasteiger partial charge is 0.492 e. The third kappa shape index (κ3) is 10.9. The Balaban J connectivity index is 1.36. The van der Waals surface area contributed by atoms with Gasteiger partial charge >= 0.3 is 25.4 Å². The van der Waals surface area contributed by atoms with Crippen LogP contribution in [-0.4, -0.2) is 100 Å². The highest BCUT2D eigenvalue weighted by molar-refractivity contribution is 6.54. The van der Waals surface area contributed by atoms with Crippen LogP contribution >= 0.6 is 0 Å². The van der Waals surface area contributed by atoms with E-state index in [0.717, 1.165) is 41.4 Å². The zero-order valence-corrected chi connectivity index (χ0v) is 35.7. The van der Waals surface area contributed by atoms with Crippen LogP contribution in [0.3, 0.4) is 0 Å². The van der Waals surface area contributed by atoms with Crippen molar-refractivity contribution in [2.24, 2.45) is 5.92 Å². The summed E-state index contributed by atoms with van der Waals surface area (Å²) in [4.78, 5) is 46.2. The van der Waals surface area contributed by atoms with E-state index in [9.17, 15) is 14.4 Å². The van der Waals surface area contributed by atoms with Gasteiger partial charge in [-0.05, 0) is 156 Å². The smallest absolute Gasteiger partial charge is 0.444 e. The summed E-state index contributed by atoms with van der Waals surface area (Å²) in [6, 6.07) is 8.01. The number of hydrogen-bond acceptors (Lipinski definition) is 8. The lowest BCUT2D eigenvalue weighted by molar-refractivity contribution is -0.00458. The van der Waals surface area contributed by atoms with Crippen LogP contribution in [0, 0.1) is 5.92 Å². The Morgan fingerprint density at radius 3 is 1.96 bits per heavy atom. The zero-order valence-electron chi connectivity index (χ0n) is 35.7. The van der Waals surface area contributed by atoms with Crippen molar-refractivity contribution in [3.8, 4) is 0 Å². The van der Waals surface area contributed by atoms with Crippen LogP contribution in [0.1, 0.15) is 139 Å². The van der Waals surface area contributed by atoms with E-state index in [1.165, 1.54) is 0 Å². The summed E-state index contributed by atoms with van der Waals surface area (Å²) in [5.74, 6) is 0.122. The fourth-order valence-corrected chi connectivity index (χ4v) is 7.60. The molecule has 3 atom stereocenters. The number of amides is 3. The van der Waals surface area contributed by atoms with Gasteiger partial charge < -0.3 is 38.2 Å². The maximum Gasteiger partial charge on any atom is 0.492 e. The molecule has 304 valence electrons. The number of likely N-dealkylation sites (tertiary alicyclic amines) is 1. The first-order valence-corrected chi connectivity index (χ1v) is 20.1. The third-order valence-corrected chi connectivity index (χ3v) is 11.0. The molecule has 55 heavy (non-hydrogen) atoms. The van der Waals surface area contributed by atoms with Crippen molar-refractivity contribution < 1.29 is 37.9 Å². The quantitative estimate of drug-likeness (QED) is 0.216. The number of carbonyl (C=O) groups excluding carboxylic acids is 3. The Labute approximate surface area is 330 Å². The monoisotopic (exact) mass is 763 g/mol. The normalized spacial score (nSPS) is 24.6. The fraction of sp³-hybridized carbons (Fsp3) is 0.698.